The van der Waals surface area contributed by atoms with E-state index in [1.807, 2.05) is 18.0 Å². The highest BCUT2D eigenvalue weighted by Gasteiger charge is 2.48. The Morgan fingerprint density at radius 3 is 2.62 bits per heavy atom. The summed E-state index contributed by atoms with van der Waals surface area (Å²) in [7, 11) is 1.94. The highest BCUT2D eigenvalue weighted by Crippen LogP contribution is 2.52. The van der Waals surface area contributed by atoms with Crippen LogP contribution in [-0.2, 0) is 4.79 Å². The number of rotatable bonds is 0. The minimum Gasteiger partial charge on any atom is -0.389 e. The molecule has 0 aromatic rings. The molecule has 2 aliphatic carbocycles. The second kappa shape index (κ2) is 6.18. The van der Waals surface area contributed by atoms with Crippen molar-refractivity contribution in [3.8, 4) is 0 Å². The fraction of sp³-hybridized carbons (Fsp3) is 0.667. The molecule has 0 aromatic heterocycles. The first kappa shape index (κ1) is 17.5. The van der Waals surface area contributed by atoms with Crippen LogP contribution in [0.5, 0.6) is 0 Å². The van der Waals surface area contributed by atoms with Crippen molar-refractivity contribution in [1.29, 1.82) is 0 Å². The predicted octanol–water partition coefficient (Wildman–Crippen LogP) is 4.00. The maximum atomic E-state index is 12.8. The van der Waals surface area contributed by atoms with Crippen LogP contribution >= 0.6 is 0 Å². The predicted molar refractivity (Wildman–Crippen MR) is 97.5 cm³/mol. The lowest BCUT2D eigenvalue weighted by Gasteiger charge is -2.43. The maximum absolute atomic E-state index is 12.8. The normalized spacial score (nSPS) is 34.0. The van der Waals surface area contributed by atoms with E-state index in [2.05, 4.69) is 27.4 Å². The quantitative estimate of drug-likeness (QED) is 0.683. The number of carbonyl (C=O) groups excluding carboxylic acids is 1. The molecule has 132 valence electrons. The van der Waals surface area contributed by atoms with Crippen molar-refractivity contribution in [2.24, 2.45) is 11.3 Å². The molecule has 3 rings (SSSR count). The number of nitrogens with zero attached hydrogens (tertiary/aromatic N) is 1. The van der Waals surface area contributed by atoms with E-state index >= 15 is 0 Å². The minimum absolute atomic E-state index is 0.0526. The highest BCUT2D eigenvalue weighted by atomic mass is 16.3. The van der Waals surface area contributed by atoms with Crippen LogP contribution < -0.4 is 0 Å². The topological polar surface area (TPSA) is 40.5 Å². The van der Waals surface area contributed by atoms with Gasteiger partial charge in [0.25, 0.3) is 0 Å². The lowest BCUT2D eigenvalue weighted by atomic mass is 9.62. The van der Waals surface area contributed by atoms with E-state index < -0.39 is 6.10 Å². The summed E-state index contributed by atoms with van der Waals surface area (Å²) in [5.74, 6) is 0.796. The Balaban J connectivity index is 2.05. The second-order valence-electron chi connectivity index (χ2n) is 8.56. The van der Waals surface area contributed by atoms with Crippen LogP contribution in [0.1, 0.15) is 59.3 Å². The fourth-order valence-corrected chi connectivity index (χ4v) is 5.10. The van der Waals surface area contributed by atoms with Crippen molar-refractivity contribution in [2.45, 2.75) is 71.4 Å². The van der Waals surface area contributed by atoms with Gasteiger partial charge in [0.2, 0.25) is 5.91 Å². The number of aliphatic hydroxyl groups excluding tert-OH is 1. The largest absolute Gasteiger partial charge is 0.389 e. The molecular weight excluding hydrogens is 298 g/mol. The summed E-state index contributed by atoms with van der Waals surface area (Å²) in [4.78, 5) is 14.7. The zero-order valence-corrected chi connectivity index (χ0v) is 15.6. The summed E-state index contributed by atoms with van der Waals surface area (Å²) >= 11 is 0. The van der Waals surface area contributed by atoms with E-state index in [1.54, 1.807) is 0 Å². The Labute approximate surface area is 146 Å². The molecule has 24 heavy (non-hydrogen) atoms. The average Bonchev–Trinajstić information content (AvgIpc) is 2.71. The first-order chi connectivity index (χ1) is 11.2. The van der Waals surface area contributed by atoms with Crippen LogP contribution in [0.3, 0.4) is 0 Å². The number of fused-ring (bicyclic) bond motifs is 1. The standard InChI is InChI=1S/C21H31NO2/c1-13-6-7-15-8-9-17-19(21(15,3)4)18(22(5)20(17)24)12-14(2)11-16(23)10-13/h11,15-16,18,23H,1,6-10,12H2,2-5H3. The number of likely N-dealkylation sites (N-methyl/N-ethyl adjacent to an activating group) is 1. The fourth-order valence-electron chi connectivity index (χ4n) is 5.10. The molecule has 3 aliphatic rings. The van der Waals surface area contributed by atoms with Gasteiger partial charge in [0.15, 0.2) is 0 Å². The zero-order chi connectivity index (χ0) is 17.6. The first-order valence-corrected chi connectivity index (χ1v) is 9.24. The summed E-state index contributed by atoms with van der Waals surface area (Å²) in [6.07, 6.45) is 7.04. The van der Waals surface area contributed by atoms with Gasteiger partial charge in [0, 0.05) is 12.6 Å². The van der Waals surface area contributed by atoms with Crippen LogP contribution in [0.25, 0.3) is 0 Å². The van der Waals surface area contributed by atoms with Gasteiger partial charge < -0.3 is 10.0 Å². The van der Waals surface area contributed by atoms with Gasteiger partial charge in [-0.15, -0.1) is 0 Å². The molecule has 1 N–H and O–H groups in total. The molecule has 0 spiro atoms. The summed E-state index contributed by atoms with van der Waals surface area (Å²) in [5, 5.41) is 10.3. The van der Waals surface area contributed by atoms with Crippen molar-refractivity contribution in [3.63, 3.8) is 0 Å². The molecular formula is C21H31NO2. The zero-order valence-electron chi connectivity index (χ0n) is 15.6. The number of carbonyl (C=O) groups is 1. The molecule has 3 heteroatoms. The van der Waals surface area contributed by atoms with Crippen molar-refractivity contribution in [3.05, 3.63) is 34.9 Å². The van der Waals surface area contributed by atoms with Gasteiger partial charge in [-0.3, -0.25) is 4.79 Å². The molecule has 3 nitrogen and oxygen atoms in total. The maximum Gasteiger partial charge on any atom is 0.250 e. The Kier molecular flexibility index (Phi) is 4.50. The number of amides is 1. The summed E-state index contributed by atoms with van der Waals surface area (Å²) in [6, 6.07) is 0.149. The van der Waals surface area contributed by atoms with Crippen LogP contribution in [-0.4, -0.2) is 35.1 Å². The van der Waals surface area contributed by atoms with Crippen LogP contribution in [0, 0.1) is 11.3 Å². The number of aliphatic hydroxyl groups is 1. The monoisotopic (exact) mass is 329 g/mol. The molecule has 1 aliphatic heterocycles. The van der Waals surface area contributed by atoms with Gasteiger partial charge in [-0.25, -0.2) is 0 Å². The van der Waals surface area contributed by atoms with E-state index in [-0.39, 0.29) is 17.4 Å². The Morgan fingerprint density at radius 2 is 1.92 bits per heavy atom. The molecule has 1 amide bonds. The molecule has 1 heterocycles. The summed E-state index contributed by atoms with van der Waals surface area (Å²) < 4.78 is 0. The average molecular weight is 329 g/mol. The van der Waals surface area contributed by atoms with Gasteiger partial charge in [0.05, 0.1) is 12.1 Å². The Morgan fingerprint density at radius 1 is 1.25 bits per heavy atom. The summed E-state index contributed by atoms with van der Waals surface area (Å²) in [5.41, 5.74) is 4.77. The van der Waals surface area contributed by atoms with E-state index in [0.29, 0.717) is 12.3 Å². The smallest absolute Gasteiger partial charge is 0.250 e. The minimum atomic E-state index is -0.458. The second-order valence-corrected chi connectivity index (χ2v) is 8.56. The van der Waals surface area contributed by atoms with E-state index in [4.69, 9.17) is 0 Å². The highest BCUT2D eigenvalue weighted by molar-refractivity contribution is 5.98. The van der Waals surface area contributed by atoms with Crippen molar-refractivity contribution < 1.29 is 9.90 Å². The van der Waals surface area contributed by atoms with Crippen molar-refractivity contribution in [1.82, 2.24) is 4.90 Å². The first-order valence-electron chi connectivity index (χ1n) is 9.24. The number of hydrogen-bond donors (Lipinski definition) is 1. The molecule has 0 saturated carbocycles. The molecule has 3 atom stereocenters. The molecule has 0 aromatic carbocycles. The Bertz CT molecular complexity index is 626. The third-order valence-electron chi connectivity index (χ3n) is 6.50. The molecule has 0 radical (unpaired) electrons. The van der Waals surface area contributed by atoms with Gasteiger partial charge in [-0.1, -0.05) is 37.6 Å². The van der Waals surface area contributed by atoms with Gasteiger partial charge in [-0.05, 0) is 62.4 Å². The molecule has 0 saturated heterocycles. The van der Waals surface area contributed by atoms with E-state index in [1.165, 1.54) is 5.57 Å². The SMILES string of the molecule is C=C1CCC2CCC3=C(C(CC(C)=CC(O)C1)N(C)C3=O)C2(C)C. The van der Waals surface area contributed by atoms with Crippen LogP contribution in [0.15, 0.2) is 34.9 Å². The van der Waals surface area contributed by atoms with Crippen LogP contribution in [0.2, 0.25) is 0 Å². The van der Waals surface area contributed by atoms with Crippen molar-refractivity contribution >= 4 is 5.91 Å². The van der Waals surface area contributed by atoms with Crippen LogP contribution in [0.4, 0.5) is 0 Å². The third-order valence-corrected chi connectivity index (χ3v) is 6.50. The van der Waals surface area contributed by atoms with Gasteiger partial charge in [-0.2, -0.15) is 0 Å². The number of hydrogen-bond acceptors (Lipinski definition) is 2. The molecule has 2 bridgehead atoms. The van der Waals surface area contributed by atoms with Crippen molar-refractivity contribution in [2.75, 3.05) is 7.05 Å². The summed E-state index contributed by atoms with van der Waals surface area (Å²) in [6.45, 7) is 10.9. The Hall–Kier alpha value is -1.35. The molecule has 0 fully saturated rings. The lowest BCUT2D eigenvalue weighted by molar-refractivity contribution is -0.125. The van der Waals surface area contributed by atoms with E-state index in [0.717, 1.165) is 48.8 Å². The molecule has 3 unspecified atom stereocenters. The van der Waals surface area contributed by atoms with Gasteiger partial charge >= 0.3 is 0 Å². The van der Waals surface area contributed by atoms with Gasteiger partial charge in [0.1, 0.15) is 0 Å². The van der Waals surface area contributed by atoms with E-state index in [9.17, 15) is 9.90 Å². The lowest BCUT2D eigenvalue weighted by Crippen LogP contribution is -2.38. The third kappa shape index (κ3) is 2.88.